The second-order valence-corrected chi connectivity index (χ2v) is 7.55. The zero-order chi connectivity index (χ0) is 21.8. The third kappa shape index (κ3) is 4.42. The molecule has 1 atom stereocenters. The minimum atomic E-state index is -0.255. The van der Waals surface area contributed by atoms with Gasteiger partial charge in [-0.1, -0.05) is 6.07 Å². The number of benzene rings is 1. The van der Waals surface area contributed by atoms with Gasteiger partial charge in [0.2, 0.25) is 0 Å². The summed E-state index contributed by atoms with van der Waals surface area (Å²) in [5.74, 6) is 0.184. The number of ether oxygens (including phenoxy) is 1. The minimum absolute atomic E-state index is 0.204. The molecule has 0 saturated carbocycles. The zero-order valence-corrected chi connectivity index (χ0v) is 17.2. The third-order valence-electron chi connectivity index (χ3n) is 5.43. The summed E-state index contributed by atoms with van der Waals surface area (Å²) in [5.41, 5.74) is 2.79. The van der Waals surface area contributed by atoms with E-state index in [2.05, 4.69) is 21.5 Å². The summed E-state index contributed by atoms with van der Waals surface area (Å²) < 4.78 is 6.88. The van der Waals surface area contributed by atoms with Crippen molar-refractivity contribution in [3.8, 4) is 23.0 Å². The number of aromatic amines is 1. The number of aromatic nitrogens is 3. The van der Waals surface area contributed by atoms with Crippen LogP contribution in [0, 0.1) is 18.3 Å². The summed E-state index contributed by atoms with van der Waals surface area (Å²) in [6, 6.07) is 10.6. The molecule has 3 aromatic rings. The number of nitrogens with one attached hydrogen (secondary N) is 2. The quantitative estimate of drug-likeness (QED) is 0.640. The number of nitrogens with zero attached hydrogens (tertiary/aromatic N) is 3. The van der Waals surface area contributed by atoms with Crippen LogP contribution in [0.3, 0.4) is 0 Å². The van der Waals surface area contributed by atoms with Crippen LogP contribution in [0.15, 0.2) is 47.5 Å². The Morgan fingerprint density at radius 2 is 2.23 bits per heavy atom. The first-order valence-electron chi connectivity index (χ1n) is 10.2. The Morgan fingerprint density at radius 1 is 1.35 bits per heavy atom. The number of H-pyrrole nitrogens is 1. The molecule has 0 radical (unpaired) electrons. The minimum Gasteiger partial charge on any atom is -0.378 e. The summed E-state index contributed by atoms with van der Waals surface area (Å²) in [6.45, 7) is 3.21. The summed E-state index contributed by atoms with van der Waals surface area (Å²) in [5, 5.41) is 14.8. The van der Waals surface area contributed by atoms with Crippen molar-refractivity contribution in [2.24, 2.45) is 0 Å². The molecular formula is C23H23N5O3. The number of rotatable bonds is 6. The molecule has 2 N–H and O–H groups in total. The second-order valence-electron chi connectivity index (χ2n) is 7.55. The van der Waals surface area contributed by atoms with Crippen LogP contribution in [-0.2, 0) is 4.74 Å². The fourth-order valence-corrected chi connectivity index (χ4v) is 3.74. The van der Waals surface area contributed by atoms with E-state index in [1.165, 1.54) is 10.9 Å². The number of amides is 1. The van der Waals surface area contributed by atoms with Gasteiger partial charge in [0.05, 0.1) is 28.9 Å². The lowest BCUT2D eigenvalue weighted by Gasteiger charge is -2.10. The maximum absolute atomic E-state index is 12.9. The predicted octanol–water partition coefficient (Wildman–Crippen LogP) is 2.71. The van der Waals surface area contributed by atoms with Crippen molar-refractivity contribution in [2.45, 2.75) is 32.3 Å². The Bertz CT molecular complexity index is 1180. The highest BCUT2D eigenvalue weighted by molar-refractivity contribution is 5.93. The van der Waals surface area contributed by atoms with Gasteiger partial charge in [0.1, 0.15) is 0 Å². The molecule has 1 saturated heterocycles. The number of aryl methyl sites for hydroxylation is 1. The first-order chi connectivity index (χ1) is 15.1. The van der Waals surface area contributed by atoms with Gasteiger partial charge < -0.3 is 10.1 Å². The maximum atomic E-state index is 12.9. The summed E-state index contributed by atoms with van der Waals surface area (Å²) in [4.78, 5) is 29.5. The van der Waals surface area contributed by atoms with Gasteiger partial charge in [0.15, 0.2) is 5.82 Å². The van der Waals surface area contributed by atoms with Crippen LogP contribution in [0.25, 0.3) is 16.9 Å². The van der Waals surface area contributed by atoms with Crippen LogP contribution in [0.1, 0.15) is 40.7 Å². The van der Waals surface area contributed by atoms with E-state index in [-0.39, 0.29) is 17.6 Å². The van der Waals surface area contributed by atoms with Gasteiger partial charge in [-0.15, -0.1) is 0 Å². The molecule has 1 amide bonds. The zero-order valence-electron chi connectivity index (χ0n) is 17.2. The van der Waals surface area contributed by atoms with Crippen molar-refractivity contribution in [2.75, 3.05) is 13.2 Å². The van der Waals surface area contributed by atoms with Crippen molar-refractivity contribution in [3.05, 3.63) is 69.8 Å². The highest BCUT2D eigenvalue weighted by Gasteiger charge is 2.16. The molecule has 1 aliphatic heterocycles. The van der Waals surface area contributed by atoms with Gasteiger partial charge in [-0.05, 0) is 61.6 Å². The molecule has 2 aromatic heterocycles. The van der Waals surface area contributed by atoms with Crippen LogP contribution >= 0.6 is 0 Å². The Morgan fingerprint density at radius 3 is 2.90 bits per heavy atom. The Kier molecular flexibility index (Phi) is 5.96. The number of nitriles is 1. The molecule has 1 aliphatic rings. The first-order valence-corrected chi connectivity index (χ1v) is 10.2. The molecule has 8 heteroatoms. The monoisotopic (exact) mass is 417 g/mol. The van der Waals surface area contributed by atoms with Gasteiger partial charge in [0, 0.05) is 25.5 Å². The van der Waals surface area contributed by atoms with Crippen molar-refractivity contribution in [1.82, 2.24) is 20.1 Å². The molecule has 158 valence electrons. The molecule has 31 heavy (non-hydrogen) atoms. The van der Waals surface area contributed by atoms with Crippen LogP contribution in [-0.4, -0.2) is 39.9 Å². The van der Waals surface area contributed by atoms with E-state index >= 15 is 0 Å². The van der Waals surface area contributed by atoms with Crippen LogP contribution in [0.2, 0.25) is 0 Å². The van der Waals surface area contributed by atoms with Gasteiger partial charge in [-0.3, -0.25) is 14.7 Å². The SMILES string of the molecule is Cc1cc(C#N)ccc1-c1c[nH]n(-c2ccc(C(=O)NCCC3CCCO3)cn2)c1=O. The molecule has 1 aromatic carbocycles. The van der Waals surface area contributed by atoms with E-state index in [1.54, 1.807) is 36.5 Å². The fraction of sp³-hybridized carbons (Fsp3) is 0.304. The Hall–Kier alpha value is -3.70. The van der Waals surface area contributed by atoms with Crippen molar-refractivity contribution in [3.63, 3.8) is 0 Å². The molecule has 0 bridgehead atoms. The topological polar surface area (TPSA) is 113 Å². The summed E-state index contributed by atoms with van der Waals surface area (Å²) in [7, 11) is 0. The fourth-order valence-electron chi connectivity index (χ4n) is 3.74. The number of carbonyl (C=O) groups excluding carboxylic acids is 1. The van der Waals surface area contributed by atoms with E-state index in [1.807, 2.05) is 6.92 Å². The molecular weight excluding hydrogens is 394 g/mol. The number of carbonyl (C=O) groups is 1. The van der Waals surface area contributed by atoms with E-state index < -0.39 is 0 Å². The second kappa shape index (κ2) is 8.98. The predicted molar refractivity (Wildman–Crippen MR) is 115 cm³/mol. The Balaban J connectivity index is 1.46. The third-order valence-corrected chi connectivity index (χ3v) is 5.43. The summed E-state index contributed by atoms with van der Waals surface area (Å²) >= 11 is 0. The van der Waals surface area contributed by atoms with Gasteiger partial charge >= 0.3 is 0 Å². The molecule has 0 spiro atoms. The average molecular weight is 417 g/mol. The van der Waals surface area contributed by atoms with Crippen molar-refractivity contribution < 1.29 is 9.53 Å². The standard InChI is InChI=1S/C23H23N5O3/c1-15-11-16(12-24)4-6-19(15)20-14-27-28(23(20)30)21-7-5-17(13-26-21)22(29)25-9-8-18-3-2-10-31-18/h4-7,11,13-14,18,27H,2-3,8-10H2,1H3,(H,25,29). The lowest BCUT2D eigenvalue weighted by molar-refractivity contribution is 0.0907. The lowest BCUT2D eigenvalue weighted by Crippen LogP contribution is -2.27. The highest BCUT2D eigenvalue weighted by Crippen LogP contribution is 2.21. The van der Waals surface area contributed by atoms with E-state index in [4.69, 9.17) is 10.00 Å². The van der Waals surface area contributed by atoms with Gasteiger partial charge in [-0.2, -0.15) is 5.26 Å². The van der Waals surface area contributed by atoms with Crippen molar-refractivity contribution >= 4 is 5.91 Å². The van der Waals surface area contributed by atoms with Gasteiger partial charge in [0.25, 0.3) is 11.5 Å². The molecule has 0 aliphatic carbocycles. The number of hydrogen-bond acceptors (Lipinski definition) is 5. The van der Waals surface area contributed by atoms with Crippen molar-refractivity contribution in [1.29, 1.82) is 5.26 Å². The number of pyridine rings is 1. The number of hydrogen-bond donors (Lipinski definition) is 2. The average Bonchev–Trinajstić information content (AvgIpc) is 3.43. The normalized spacial score (nSPS) is 15.5. The van der Waals surface area contributed by atoms with E-state index in [0.717, 1.165) is 37.0 Å². The van der Waals surface area contributed by atoms with Gasteiger partial charge in [-0.25, -0.2) is 9.67 Å². The summed E-state index contributed by atoms with van der Waals surface area (Å²) in [6.07, 6.45) is 6.22. The molecule has 4 rings (SSSR count). The molecule has 3 heterocycles. The molecule has 1 fully saturated rings. The highest BCUT2D eigenvalue weighted by atomic mass is 16.5. The van der Waals surface area contributed by atoms with E-state index in [0.29, 0.717) is 29.1 Å². The Labute approximate surface area is 179 Å². The van der Waals surface area contributed by atoms with E-state index in [9.17, 15) is 9.59 Å². The largest absolute Gasteiger partial charge is 0.378 e. The first kappa shape index (κ1) is 20.6. The molecule has 1 unspecified atom stereocenters. The smallest absolute Gasteiger partial charge is 0.280 e. The lowest BCUT2D eigenvalue weighted by atomic mass is 10.0. The maximum Gasteiger partial charge on any atom is 0.280 e. The van der Waals surface area contributed by atoms with Crippen LogP contribution in [0.4, 0.5) is 0 Å². The molecule has 8 nitrogen and oxygen atoms in total. The van der Waals surface area contributed by atoms with Crippen LogP contribution in [0.5, 0.6) is 0 Å². The van der Waals surface area contributed by atoms with Crippen LogP contribution < -0.4 is 10.9 Å².